The van der Waals surface area contributed by atoms with E-state index in [1.807, 2.05) is 6.07 Å². The van der Waals surface area contributed by atoms with Gasteiger partial charge in [-0.3, -0.25) is 0 Å². The summed E-state index contributed by atoms with van der Waals surface area (Å²) in [5, 5.41) is 0. The van der Waals surface area contributed by atoms with E-state index < -0.39 is 0 Å². The summed E-state index contributed by atoms with van der Waals surface area (Å²) in [7, 11) is 0. The summed E-state index contributed by atoms with van der Waals surface area (Å²) in [5.74, 6) is 1.04. The Kier molecular flexibility index (Phi) is 2.00. The summed E-state index contributed by atoms with van der Waals surface area (Å²) >= 11 is 3.23. The number of benzene rings is 1. The van der Waals surface area contributed by atoms with E-state index in [0.29, 0.717) is 27.6 Å². The average molecular weight is 279 g/mol. The fourth-order valence-corrected chi connectivity index (χ4v) is 1.78. The molecule has 80 valence electrons. The molecule has 2 aromatic heterocycles. The molecule has 2 N–H and O–H groups in total. The van der Waals surface area contributed by atoms with E-state index in [2.05, 4.69) is 20.9 Å². The number of aromatic nitrogens is 1. The Bertz CT molecular complexity index is 657. The first-order valence-electron chi connectivity index (χ1n) is 4.64. The van der Waals surface area contributed by atoms with Crippen molar-refractivity contribution in [3.05, 3.63) is 35.0 Å². The van der Waals surface area contributed by atoms with E-state index in [9.17, 15) is 0 Å². The third-order valence-electron chi connectivity index (χ3n) is 2.20. The van der Waals surface area contributed by atoms with Gasteiger partial charge in [-0.2, -0.15) is 0 Å². The van der Waals surface area contributed by atoms with E-state index in [4.69, 9.17) is 14.6 Å². The molecule has 2 heterocycles. The molecule has 0 saturated heterocycles. The van der Waals surface area contributed by atoms with Crippen molar-refractivity contribution in [1.29, 1.82) is 0 Å². The molecule has 0 aliphatic rings. The zero-order valence-electron chi connectivity index (χ0n) is 8.11. The lowest BCUT2D eigenvalue weighted by Crippen LogP contribution is -1.81. The number of furan rings is 1. The van der Waals surface area contributed by atoms with Crippen molar-refractivity contribution in [2.45, 2.75) is 0 Å². The molecule has 3 aromatic rings. The molecule has 0 amide bonds. The van der Waals surface area contributed by atoms with Gasteiger partial charge in [0.1, 0.15) is 5.52 Å². The first kappa shape index (κ1) is 9.47. The Labute approximate surface area is 99.2 Å². The molecular weight excluding hydrogens is 272 g/mol. The largest absolute Gasteiger partial charge is 0.444 e. The Balaban J connectivity index is 2.18. The maximum absolute atomic E-state index is 5.66. The predicted molar refractivity (Wildman–Crippen MR) is 63.8 cm³/mol. The quantitative estimate of drug-likeness (QED) is 0.693. The van der Waals surface area contributed by atoms with Crippen LogP contribution in [0.3, 0.4) is 0 Å². The lowest BCUT2D eigenvalue weighted by atomic mass is 10.3. The number of fused-ring (bicyclic) bond motifs is 1. The predicted octanol–water partition coefficient (Wildman–Crippen LogP) is 3.43. The van der Waals surface area contributed by atoms with E-state index in [1.165, 1.54) is 0 Å². The standard InChI is InChI=1S/C11H7BrN2O2/c12-10-4-3-8(15-10)11-14-7-2-1-6(13)5-9(7)16-11/h1-5H,13H2. The Morgan fingerprint density at radius 3 is 2.75 bits per heavy atom. The van der Waals surface area contributed by atoms with E-state index in [0.717, 1.165) is 5.52 Å². The third-order valence-corrected chi connectivity index (χ3v) is 2.62. The number of rotatable bonds is 1. The van der Waals surface area contributed by atoms with Gasteiger partial charge in [0.05, 0.1) is 0 Å². The van der Waals surface area contributed by atoms with Gasteiger partial charge < -0.3 is 14.6 Å². The molecular formula is C11H7BrN2O2. The van der Waals surface area contributed by atoms with Crippen LogP contribution in [0.15, 0.2) is 43.8 Å². The molecule has 0 aliphatic carbocycles. The minimum atomic E-state index is 0.450. The smallest absolute Gasteiger partial charge is 0.263 e. The fourth-order valence-electron chi connectivity index (χ4n) is 1.48. The fraction of sp³-hybridized carbons (Fsp3) is 0. The Morgan fingerprint density at radius 1 is 1.12 bits per heavy atom. The van der Waals surface area contributed by atoms with Crippen LogP contribution in [0.2, 0.25) is 0 Å². The molecule has 4 nitrogen and oxygen atoms in total. The lowest BCUT2D eigenvalue weighted by Gasteiger charge is -1.88. The molecule has 0 aliphatic heterocycles. The summed E-state index contributed by atoms with van der Waals surface area (Å²) in [6, 6.07) is 8.92. The normalized spacial score (nSPS) is 11.1. The lowest BCUT2D eigenvalue weighted by molar-refractivity contribution is 0.518. The van der Waals surface area contributed by atoms with Gasteiger partial charge in [-0.25, -0.2) is 4.98 Å². The topological polar surface area (TPSA) is 65.2 Å². The van der Waals surface area contributed by atoms with Crippen molar-refractivity contribution in [3.8, 4) is 11.7 Å². The zero-order chi connectivity index (χ0) is 11.1. The van der Waals surface area contributed by atoms with E-state index in [1.54, 1.807) is 24.3 Å². The SMILES string of the molecule is Nc1ccc2nc(-c3ccc(Br)o3)oc2c1. The molecule has 0 bridgehead atoms. The van der Waals surface area contributed by atoms with Crippen LogP contribution in [0, 0.1) is 0 Å². The Hall–Kier alpha value is -1.75. The van der Waals surface area contributed by atoms with Crippen molar-refractivity contribution in [1.82, 2.24) is 4.98 Å². The monoisotopic (exact) mass is 278 g/mol. The van der Waals surface area contributed by atoms with Gasteiger partial charge in [0, 0.05) is 11.8 Å². The molecule has 16 heavy (non-hydrogen) atoms. The van der Waals surface area contributed by atoms with Gasteiger partial charge in [-0.05, 0) is 40.2 Å². The van der Waals surface area contributed by atoms with Gasteiger partial charge in [0.15, 0.2) is 16.0 Å². The molecule has 3 rings (SSSR count). The van der Waals surface area contributed by atoms with Crippen LogP contribution in [0.5, 0.6) is 0 Å². The second kappa shape index (κ2) is 3.38. The molecule has 0 spiro atoms. The summed E-state index contributed by atoms with van der Waals surface area (Å²) in [4.78, 5) is 4.30. The molecule has 0 saturated carbocycles. The van der Waals surface area contributed by atoms with Crippen LogP contribution in [-0.4, -0.2) is 4.98 Å². The zero-order valence-corrected chi connectivity index (χ0v) is 9.69. The number of oxazole rings is 1. The van der Waals surface area contributed by atoms with Crippen molar-refractivity contribution < 1.29 is 8.83 Å². The second-order valence-corrected chi connectivity index (χ2v) is 4.13. The minimum absolute atomic E-state index is 0.450. The van der Waals surface area contributed by atoms with Crippen LogP contribution < -0.4 is 5.73 Å². The number of hydrogen-bond acceptors (Lipinski definition) is 4. The number of halogens is 1. The summed E-state index contributed by atoms with van der Waals surface area (Å²) in [6.45, 7) is 0. The van der Waals surface area contributed by atoms with Crippen molar-refractivity contribution in [2.24, 2.45) is 0 Å². The molecule has 0 fully saturated rings. The van der Waals surface area contributed by atoms with Crippen molar-refractivity contribution in [3.63, 3.8) is 0 Å². The highest BCUT2D eigenvalue weighted by Gasteiger charge is 2.11. The first-order valence-corrected chi connectivity index (χ1v) is 5.43. The highest BCUT2D eigenvalue weighted by molar-refractivity contribution is 9.10. The first-order chi connectivity index (χ1) is 7.72. The molecule has 1 aromatic carbocycles. The molecule has 0 radical (unpaired) electrons. The third kappa shape index (κ3) is 1.49. The van der Waals surface area contributed by atoms with E-state index >= 15 is 0 Å². The van der Waals surface area contributed by atoms with Crippen LogP contribution in [0.4, 0.5) is 5.69 Å². The summed E-state index contributed by atoms with van der Waals surface area (Å²) < 4.78 is 11.5. The summed E-state index contributed by atoms with van der Waals surface area (Å²) in [5.41, 5.74) is 7.72. The maximum atomic E-state index is 5.66. The Morgan fingerprint density at radius 2 is 2.00 bits per heavy atom. The average Bonchev–Trinajstić information content (AvgIpc) is 2.83. The van der Waals surface area contributed by atoms with Gasteiger partial charge in [0.25, 0.3) is 5.89 Å². The highest BCUT2D eigenvalue weighted by atomic mass is 79.9. The van der Waals surface area contributed by atoms with Crippen LogP contribution >= 0.6 is 15.9 Å². The van der Waals surface area contributed by atoms with Gasteiger partial charge >= 0.3 is 0 Å². The van der Waals surface area contributed by atoms with Crippen LogP contribution in [0.25, 0.3) is 22.8 Å². The second-order valence-electron chi connectivity index (χ2n) is 3.35. The van der Waals surface area contributed by atoms with Crippen molar-refractivity contribution >= 4 is 32.7 Å². The molecule has 0 unspecified atom stereocenters. The number of anilines is 1. The van der Waals surface area contributed by atoms with Gasteiger partial charge in [-0.1, -0.05) is 0 Å². The van der Waals surface area contributed by atoms with E-state index in [-0.39, 0.29) is 0 Å². The van der Waals surface area contributed by atoms with Gasteiger partial charge in [-0.15, -0.1) is 0 Å². The number of nitrogens with zero attached hydrogens (tertiary/aromatic N) is 1. The highest BCUT2D eigenvalue weighted by Crippen LogP contribution is 2.28. The molecule has 0 atom stereocenters. The number of nitrogen functional groups attached to an aromatic ring is 1. The number of hydrogen-bond donors (Lipinski definition) is 1. The summed E-state index contributed by atoms with van der Waals surface area (Å²) in [6.07, 6.45) is 0. The van der Waals surface area contributed by atoms with Crippen molar-refractivity contribution in [2.75, 3.05) is 5.73 Å². The number of nitrogens with two attached hydrogens (primary N) is 1. The van der Waals surface area contributed by atoms with Gasteiger partial charge in [0.2, 0.25) is 0 Å². The maximum Gasteiger partial charge on any atom is 0.263 e. The molecule has 5 heteroatoms. The van der Waals surface area contributed by atoms with Crippen LogP contribution in [-0.2, 0) is 0 Å². The minimum Gasteiger partial charge on any atom is -0.444 e. The van der Waals surface area contributed by atoms with Crippen LogP contribution in [0.1, 0.15) is 0 Å².